The number of methoxy groups -OCH3 is 2. The summed E-state index contributed by atoms with van der Waals surface area (Å²) in [6.07, 6.45) is 0. The molecule has 0 heterocycles. The van der Waals surface area contributed by atoms with E-state index in [1.165, 1.54) is 0 Å². The third-order valence-electron chi connectivity index (χ3n) is 4.15. The van der Waals surface area contributed by atoms with Crippen LogP contribution in [-0.4, -0.2) is 25.0 Å². The highest BCUT2D eigenvalue weighted by Crippen LogP contribution is 2.23. The number of hydrazone groups is 1. The second kappa shape index (κ2) is 8.51. The number of nitrogens with one attached hydrogen (secondary N) is 2. The molecule has 0 aromatic heterocycles. The molecular weight excluding hydrogens is 358 g/mol. The van der Waals surface area contributed by atoms with Crippen molar-refractivity contribution in [1.82, 2.24) is 5.43 Å². The third-order valence-corrected chi connectivity index (χ3v) is 4.34. The number of anilines is 1. The van der Waals surface area contributed by atoms with Crippen molar-refractivity contribution < 1.29 is 9.47 Å². The van der Waals surface area contributed by atoms with Crippen LogP contribution >= 0.6 is 12.2 Å². The highest BCUT2D eigenvalue weighted by Gasteiger charge is 2.05. The first-order chi connectivity index (χ1) is 13.1. The predicted molar refractivity (Wildman–Crippen MR) is 115 cm³/mol. The minimum Gasteiger partial charge on any atom is -0.497 e. The minimum atomic E-state index is 0.393. The van der Waals surface area contributed by atoms with Gasteiger partial charge >= 0.3 is 0 Å². The van der Waals surface area contributed by atoms with Crippen molar-refractivity contribution in [2.75, 3.05) is 19.5 Å². The molecule has 0 unspecified atom stereocenters. The summed E-state index contributed by atoms with van der Waals surface area (Å²) in [4.78, 5) is 0. The molecule has 3 aromatic carbocycles. The number of para-hydroxylation sites is 2. The van der Waals surface area contributed by atoms with Crippen LogP contribution in [0.1, 0.15) is 12.5 Å². The quantitative estimate of drug-likeness (QED) is 0.386. The monoisotopic (exact) mass is 379 g/mol. The van der Waals surface area contributed by atoms with Crippen molar-refractivity contribution in [2.45, 2.75) is 6.92 Å². The van der Waals surface area contributed by atoms with Gasteiger partial charge in [-0.2, -0.15) is 5.10 Å². The molecular formula is C21H21N3O2S. The van der Waals surface area contributed by atoms with Gasteiger partial charge in [-0.05, 0) is 65.8 Å². The summed E-state index contributed by atoms with van der Waals surface area (Å²) in [5.41, 5.74) is 5.51. The highest BCUT2D eigenvalue weighted by atomic mass is 32.1. The Labute approximate surface area is 164 Å². The van der Waals surface area contributed by atoms with Crippen molar-refractivity contribution in [2.24, 2.45) is 5.10 Å². The second-order valence-corrected chi connectivity index (χ2v) is 6.30. The topological polar surface area (TPSA) is 54.9 Å². The second-order valence-electron chi connectivity index (χ2n) is 5.89. The number of hydrogen-bond donors (Lipinski definition) is 2. The van der Waals surface area contributed by atoms with E-state index in [0.29, 0.717) is 10.9 Å². The molecule has 0 amide bonds. The molecule has 0 aliphatic rings. The molecule has 5 nitrogen and oxygen atoms in total. The number of rotatable bonds is 5. The maximum Gasteiger partial charge on any atom is 0.191 e. The Morgan fingerprint density at radius 3 is 2.44 bits per heavy atom. The van der Waals surface area contributed by atoms with Gasteiger partial charge in [-0.15, -0.1) is 0 Å². The Kier molecular flexibility index (Phi) is 5.88. The van der Waals surface area contributed by atoms with E-state index in [4.69, 9.17) is 21.7 Å². The van der Waals surface area contributed by atoms with Gasteiger partial charge in [0.25, 0.3) is 0 Å². The molecule has 3 rings (SSSR count). The SMILES string of the molecule is COc1ccc2cc(/C(C)=N/NC(=S)Nc3ccccc3OC)ccc2c1. The lowest BCUT2D eigenvalue weighted by Gasteiger charge is -2.11. The van der Waals surface area contributed by atoms with Gasteiger partial charge in [0.05, 0.1) is 25.6 Å². The van der Waals surface area contributed by atoms with E-state index in [1.807, 2.05) is 55.5 Å². The van der Waals surface area contributed by atoms with Gasteiger partial charge in [0.2, 0.25) is 0 Å². The number of fused-ring (bicyclic) bond motifs is 1. The number of benzene rings is 3. The molecule has 2 N–H and O–H groups in total. The van der Waals surface area contributed by atoms with Crippen molar-refractivity contribution in [1.29, 1.82) is 0 Å². The zero-order chi connectivity index (χ0) is 19.2. The Bertz CT molecular complexity index is 1000. The summed E-state index contributed by atoms with van der Waals surface area (Å²) in [6, 6.07) is 19.7. The van der Waals surface area contributed by atoms with E-state index >= 15 is 0 Å². The fraction of sp³-hybridized carbons (Fsp3) is 0.143. The van der Waals surface area contributed by atoms with E-state index in [2.05, 4.69) is 28.0 Å². The van der Waals surface area contributed by atoms with Crippen molar-refractivity contribution in [3.05, 3.63) is 66.2 Å². The summed E-state index contributed by atoms with van der Waals surface area (Å²) < 4.78 is 10.6. The minimum absolute atomic E-state index is 0.393. The van der Waals surface area contributed by atoms with Crippen LogP contribution < -0.4 is 20.2 Å². The van der Waals surface area contributed by atoms with Gasteiger partial charge in [0.1, 0.15) is 11.5 Å². The van der Waals surface area contributed by atoms with Crippen LogP contribution in [0.5, 0.6) is 11.5 Å². The van der Waals surface area contributed by atoms with E-state index in [1.54, 1.807) is 14.2 Å². The lowest BCUT2D eigenvalue weighted by Crippen LogP contribution is -2.25. The van der Waals surface area contributed by atoms with Crippen LogP contribution in [0.4, 0.5) is 5.69 Å². The normalized spacial score (nSPS) is 11.1. The maximum absolute atomic E-state index is 5.32. The zero-order valence-corrected chi connectivity index (χ0v) is 16.3. The van der Waals surface area contributed by atoms with Crippen LogP contribution in [0.2, 0.25) is 0 Å². The average molecular weight is 379 g/mol. The summed E-state index contributed by atoms with van der Waals surface area (Å²) in [6.45, 7) is 1.93. The number of hydrogen-bond acceptors (Lipinski definition) is 4. The molecule has 6 heteroatoms. The first-order valence-corrected chi connectivity index (χ1v) is 8.84. The molecule has 3 aromatic rings. The van der Waals surface area contributed by atoms with Crippen LogP contribution in [0.15, 0.2) is 65.8 Å². The molecule has 0 bridgehead atoms. The highest BCUT2D eigenvalue weighted by molar-refractivity contribution is 7.80. The van der Waals surface area contributed by atoms with Crippen molar-refractivity contribution in [3.63, 3.8) is 0 Å². The lowest BCUT2D eigenvalue weighted by molar-refractivity contribution is 0.415. The fourth-order valence-corrected chi connectivity index (χ4v) is 2.83. The summed E-state index contributed by atoms with van der Waals surface area (Å²) >= 11 is 5.32. The molecule has 138 valence electrons. The van der Waals surface area contributed by atoms with E-state index in [0.717, 1.165) is 33.5 Å². The Hall–Kier alpha value is -3.12. The number of ether oxygens (including phenoxy) is 2. The molecule has 0 radical (unpaired) electrons. The Morgan fingerprint density at radius 2 is 1.67 bits per heavy atom. The molecule has 0 fully saturated rings. The van der Waals surface area contributed by atoms with Gasteiger partial charge in [0, 0.05) is 0 Å². The lowest BCUT2D eigenvalue weighted by atomic mass is 10.0. The maximum atomic E-state index is 5.32. The molecule has 27 heavy (non-hydrogen) atoms. The van der Waals surface area contributed by atoms with Crippen LogP contribution in [0.3, 0.4) is 0 Å². The van der Waals surface area contributed by atoms with Crippen LogP contribution in [-0.2, 0) is 0 Å². The van der Waals surface area contributed by atoms with Crippen molar-refractivity contribution in [3.8, 4) is 11.5 Å². The standard InChI is InChI=1S/C21H21N3O2S/c1-14(15-8-9-17-13-18(25-2)11-10-16(17)12-15)23-24-21(27)22-19-6-4-5-7-20(19)26-3/h4-13H,1-3H3,(H2,22,24,27)/b23-14+. The average Bonchev–Trinajstić information content (AvgIpc) is 2.71. The summed E-state index contributed by atoms with van der Waals surface area (Å²) in [5, 5.41) is 10.1. The smallest absolute Gasteiger partial charge is 0.191 e. The first kappa shape index (κ1) is 18.7. The summed E-state index contributed by atoms with van der Waals surface area (Å²) in [7, 11) is 3.29. The molecule has 0 saturated heterocycles. The third kappa shape index (κ3) is 4.54. The number of nitrogens with zero attached hydrogens (tertiary/aromatic N) is 1. The number of thiocarbonyl (C=S) groups is 1. The van der Waals surface area contributed by atoms with E-state index in [9.17, 15) is 0 Å². The largest absolute Gasteiger partial charge is 0.497 e. The predicted octanol–water partition coefficient (Wildman–Crippen LogP) is 4.57. The van der Waals surface area contributed by atoms with Gasteiger partial charge in [-0.1, -0.05) is 30.3 Å². The fourth-order valence-electron chi connectivity index (χ4n) is 2.67. The van der Waals surface area contributed by atoms with Crippen molar-refractivity contribution >= 4 is 39.5 Å². The van der Waals surface area contributed by atoms with Gasteiger partial charge in [-0.25, -0.2) is 0 Å². The van der Waals surface area contributed by atoms with Gasteiger partial charge < -0.3 is 14.8 Å². The van der Waals surface area contributed by atoms with E-state index in [-0.39, 0.29) is 0 Å². The molecule has 0 aliphatic carbocycles. The Balaban J connectivity index is 1.71. The molecule has 0 atom stereocenters. The van der Waals surface area contributed by atoms with Gasteiger partial charge in [0.15, 0.2) is 5.11 Å². The Morgan fingerprint density at radius 1 is 0.926 bits per heavy atom. The molecule has 0 spiro atoms. The van der Waals surface area contributed by atoms with E-state index < -0.39 is 0 Å². The van der Waals surface area contributed by atoms with Crippen LogP contribution in [0.25, 0.3) is 10.8 Å². The molecule has 0 saturated carbocycles. The van der Waals surface area contributed by atoms with Crippen LogP contribution in [0, 0.1) is 0 Å². The first-order valence-electron chi connectivity index (χ1n) is 8.43. The summed E-state index contributed by atoms with van der Waals surface area (Å²) in [5.74, 6) is 1.56. The van der Waals surface area contributed by atoms with Gasteiger partial charge in [-0.3, -0.25) is 5.43 Å². The zero-order valence-electron chi connectivity index (χ0n) is 15.4. The molecule has 0 aliphatic heterocycles.